The highest BCUT2D eigenvalue weighted by Crippen LogP contribution is 2.46. The Balaban J connectivity index is 1.64. The molecule has 2 aliphatic heterocycles. The van der Waals surface area contributed by atoms with E-state index in [0.29, 0.717) is 17.9 Å². The first-order valence-corrected chi connectivity index (χ1v) is 9.73. The Morgan fingerprint density at radius 2 is 2.08 bits per heavy atom. The minimum atomic E-state index is -0.470. The molecule has 2 heterocycles. The van der Waals surface area contributed by atoms with Gasteiger partial charge >= 0.3 is 0 Å². The summed E-state index contributed by atoms with van der Waals surface area (Å²) in [6.45, 7) is 7.34. The molecule has 0 aliphatic carbocycles. The fraction of sp³-hybridized carbons (Fsp3) is 0.400. The topological polar surface area (TPSA) is 58.6 Å². The van der Waals surface area contributed by atoms with Crippen LogP contribution in [0.15, 0.2) is 36.4 Å². The number of carbonyl (C=O) groups is 2. The van der Waals surface area contributed by atoms with Crippen molar-refractivity contribution < 1.29 is 14.3 Å². The second-order valence-electron chi connectivity index (χ2n) is 7.28. The maximum atomic E-state index is 13.1. The molecule has 136 valence electrons. The molecular weight excluding hydrogens is 348 g/mol. The number of amides is 2. The second kappa shape index (κ2) is 6.20. The lowest BCUT2D eigenvalue weighted by Gasteiger charge is -2.41. The number of benzene rings is 2. The fourth-order valence-electron chi connectivity index (χ4n) is 3.71. The van der Waals surface area contributed by atoms with Crippen LogP contribution in [0.5, 0.6) is 5.75 Å². The third-order valence-electron chi connectivity index (χ3n) is 4.84. The standard InChI is InChI=1S/C20H22N2O3S/c1-4-25-14-10-9-12-7-5-6-8-13(12)15(14)17(23)21-16-18(24)22-11-20(2,3)26-19(16)22/h5-10,16,19H,4,11H2,1-3H3,(H,21,23)/t16-,19-/m1/s1. The minimum Gasteiger partial charge on any atom is -0.493 e. The van der Waals surface area contributed by atoms with Crippen LogP contribution >= 0.6 is 11.8 Å². The molecule has 0 radical (unpaired) electrons. The van der Waals surface area contributed by atoms with Crippen molar-refractivity contribution in [3.05, 3.63) is 42.0 Å². The summed E-state index contributed by atoms with van der Waals surface area (Å²) in [5.74, 6) is 0.292. The predicted octanol–water partition coefficient (Wildman–Crippen LogP) is 3.03. The first kappa shape index (κ1) is 17.2. The number of thioether (sulfide) groups is 1. The molecule has 2 fully saturated rings. The van der Waals surface area contributed by atoms with Crippen LogP contribution in [0.2, 0.25) is 0 Å². The number of carbonyl (C=O) groups excluding carboxylic acids is 2. The summed E-state index contributed by atoms with van der Waals surface area (Å²) in [6, 6.07) is 11.0. The summed E-state index contributed by atoms with van der Waals surface area (Å²) in [5, 5.41) is 4.78. The van der Waals surface area contributed by atoms with Crippen LogP contribution in [0.3, 0.4) is 0 Å². The highest BCUT2D eigenvalue weighted by Gasteiger charge is 2.56. The molecule has 5 nitrogen and oxygen atoms in total. The Morgan fingerprint density at radius 1 is 1.31 bits per heavy atom. The van der Waals surface area contributed by atoms with Crippen molar-refractivity contribution in [3.8, 4) is 5.75 Å². The van der Waals surface area contributed by atoms with Crippen molar-refractivity contribution in [2.45, 2.75) is 36.9 Å². The van der Waals surface area contributed by atoms with E-state index in [0.717, 1.165) is 17.3 Å². The van der Waals surface area contributed by atoms with E-state index in [-0.39, 0.29) is 21.9 Å². The van der Waals surface area contributed by atoms with Gasteiger partial charge in [-0.3, -0.25) is 9.59 Å². The Hall–Kier alpha value is -2.21. The van der Waals surface area contributed by atoms with E-state index in [2.05, 4.69) is 19.2 Å². The predicted molar refractivity (Wildman–Crippen MR) is 104 cm³/mol. The van der Waals surface area contributed by atoms with Crippen LogP contribution in [0.25, 0.3) is 10.8 Å². The highest BCUT2D eigenvalue weighted by atomic mass is 32.2. The van der Waals surface area contributed by atoms with Gasteiger partial charge in [0.05, 0.1) is 12.2 Å². The second-order valence-corrected chi connectivity index (χ2v) is 9.10. The number of nitrogens with zero attached hydrogens (tertiary/aromatic N) is 1. The minimum absolute atomic E-state index is 0.000350. The van der Waals surface area contributed by atoms with Crippen molar-refractivity contribution >= 4 is 34.3 Å². The Labute approximate surface area is 157 Å². The lowest BCUT2D eigenvalue weighted by Crippen LogP contribution is -2.67. The van der Waals surface area contributed by atoms with Crippen molar-refractivity contribution in [1.29, 1.82) is 0 Å². The molecule has 2 saturated heterocycles. The molecule has 6 heteroatoms. The van der Waals surface area contributed by atoms with Crippen LogP contribution < -0.4 is 10.1 Å². The van der Waals surface area contributed by atoms with Crippen molar-refractivity contribution in [3.63, 3.8) is 0 Å². The van der Waals surface area contributed by atoms with Gasteiger partial charge in [0.2, 0.25) is 5.91 Å². The van der Waals surface area contributed by atoms with Crippen LogP contribution in [0.4, 0.5) is 0 Å². The van der Waals surface area contributed by atoms with Gasteiger partial charge in [0.25, 0.3) is 5.91 Å². The highest BCUT2D eigenvalue weighted by molar-refractivity contribution is 8.01. The average Bonchev–Trinajstić information content (AvgIpc) is 2.91. The van der Waals surface area contributed by atoms with Gasteiger partial charge in [-0.2, -0.15) is 0 Å². The summed E-state index contributed by atoms with van der Waals surface area (Å²) in [6.07, 6.45) is 0. The van der Waals surface area contributed by atoms with Crippen molar-refractivity contribution in [2.75, 3.05) is 13.2 Å². The number of rotatable bonds is 4. The first-order valence-electron chi connectivity index (χ1n) is 8.85. The quantitative estimate of drug-likeness (QED) is 0.841. The van der Waals surface area contributed by atoms with Crippen LogP contribution in [-0.2, 0) is 4.79 Å². The zero-order valence-corrected chi connectivity index (χ0v) is 15.9. The molecule has 2 aromatic rings. The van der Waals surface area contributed by atoms with E-state index < -0.39 is 6.04 Å². The number of ether oxygens (including phenoxy) is 1. The van der Waals surface area contributed by atoms with Crippen LogP contribution in [-0.4, -0.2) is 46.0 Å². The van der Waals surface area contributed by atoms with Crippen molar-refractivity contribution in [1.82, 2.24) is 10.2 Å². The number of hydrogen-bond acceptors (Lipinski definition) is 4. The Kier molecular flexibility index (Phi) is 4.10. The molecule has 0 unspecified atom stereocenters. The third-order valence-corrected chi connectivity index (χ3v) is 6.37. The SMILES string of the molecule is CCOc1ccc2ccccc2c1C(=O)N[C@@H]1C(=O)N2CC(C)(C)S[C@H]12. The number of β-lactam (4-membered cyclic amide) rings is 1. The molecule has 0 aromatic heterocycles. The van der Waals surface area contributed by atoms with Gasteiger partial charge in [0, 0.05) is 11.3 Å². The summed E-state index contributed by atoms with van der Waals surface area (Å²) < 4.78 is 5.71. The third kappa shape index (κ3) is 2.72. The number of hydrogen-bond donors (Lipinski definition) is 1. The average molecular weight is 370 g/mol. The molecule has 4 rings (SSSR count). The molecule has 2 amide bonds. The van der Waals surface area contributed by atoms with E-state index in [4.69, 9.17) is 4.74 Å². The number of nitrogens with one attached hydrogen (secondary N) is 1. The lowest BCUT2D eigenvalue weighted by atomic mass is 10.0. The van der Waals surface area contributed by atoms with E-state index in [9.17, 15) is 9.59 Å². The zero-order valence-electron chi connectivity index (χ0n) is 15.1. The van der Waals surface area contributed by atoms with E-state index in [1.165, 1.54) is 0 Å². The van der Waals surface area contributed by atoms with E-state index in [1.807, 2.05) is 48.2 Å². The van der Waals surface area contributed by atoms with Gasteiger partial charge in [-0.25, -0.2) is 0 Å². The van der Waals surface area contributed by atoms with Crippen LogP contribution in [0, 0.1) is 0 Å². The molecule has 2 aliphatic rings. The smallest absolute Gasteiger partial charge is 0.256 e. The summed E-state index contributed by atoms with van der Waals surface area (Å²) in [7, 11) is 0. The van der Waals surface area contributed by atoms with Crippen LogP contribution in [0.1, 0.15) is 31.1 Å². The number of fused-ring (bicyclic) bond motifs is 2. The largest absolute Gasteiger partial charge is 0.493 e. The normalized spacial score (nSPS) is 23.5. The molecule has 26 heavy (non-hydrogen) atoms. The zero-order chi connectivity index (χ0) is 18.5. The Bertz CT molecular complexity index is 896. The summed E-state index contributed by atoms with van der Waals surface area (Å²) in [4.78, 5) is 27.4. The summed E-state index contributed by atoms with van der Waals surface area (Å²) >= 11 is 1.74. The molecule has 2 aromatic carbocycles. The molecule has 0 spiro atoms. The monoisotopic (exact) mass is 370 g/mol. The molecule has 0 saturated carbocycles. The van der Waals surface area contributed by atoms with Gasteiger partial charge in [-0.1, -0.05) is 30.3 Å². The van der Waals surface area contributed by atoms with Gasteiger partial charge in [-0.05, 0) is 37.6 Å². The molecule has 1 N–H and O–H groups in total. The van der Waals surface area contributed by atoms with Gasteiger partial charge in [0.1, 0.15) is 17.2 Å². The van der Waals surface area contributed by atoms with Gasteiger partial charge in [-0.15, -0.1) is 11.8 Å². The maximum Gasteiger partial charge on any atom is 0.256 e. The lowest BCUT2D eigenvalue weighted by molar-refractivity contribution is -0.144. The van der Waals surface area contributed by atoms with E-state index in [1.54, 1.807) is 11.8 Å². The fourth-order valence-corrected chi connectivity index (χ4v) is 5.20. The van der Waals surface area contributed by atoms with Gasteiger partial charge in [0.15, 0.2) is 0 Å². The van der Waals surface area contributed by atoms with Crippen molar-refractivity contribution in [2.24, 2.45) is 0 Å². The first-order chi connectivity index (χ1) is 12.4. The molecule has 2 atom stereocenters. The molecule has 0 bridgehead atoms. The van der Waals surface area contributed by atoms with E-state index >= 15 is 0 Å². The maximum absolute atomic E-state index is 13.1. The van der Waals surface area contributed by atoms with Gasteiger partial charge < -0.3 is 15.0 Å². The Morgan fingerprint density at radius 3 is 2.85 bits per heavy atom. The molecular formula is C20H22N2O3S. The summed E-state index contributed by atoms with van der Waals surface area (Å²) in [5.41, 5.74) is 0.499.